The van der Waals surface area contributed by atoms with E-state index in [0.29, 0.717) is 12.2 Å². The molecule has 0 heterocycles. The number of esters is 1. The first-order valence-corrected chi connectivity index (χ1v) is 6.30. The van der Waals surface area contributed by atoms with E-state index >= 15 is 0 Å². The van der Waals surface area contributed by atoms with Crippen LogP contribution in [-0.4, -0.2) is 19.7 Å². The van der Waals surface area contributed by atoms with Crippen molar-refractivity contribution in [3.63, 3.8) is 0 Å². The molecule has 0 bridgehead atoms. The van der Waals surface area contributed by atoms with Crippen LogP contribution in [0.4, 0.5) is 0 Å². The molecule has 4 nitrogen and oxygen atoms in total. The fourth-order valence-electron chi connectivity index (χ4n) is 1.50. The Labute approximate surface area is 115 Å². The molecule has 1 aromatic carbocycles. The largest absolute Gasteiger partial charge is 0.496 e. The summed E-state index contributed by atoms with van der Waals surface area (Å²) in [6, 6.07) is 7.42. The van der Waals surface area contributed by atoms with E-state index in [2.05, 4.69) is 15.9 Å². The lowest BCUT2D eigenvalue weighted by Crippen LogP contribution is -2.18. The zero-order chi connectivity index (χ0) is 13.5. The van der Waals surface area contributed by atoms with Gasteiger partial charge in [-0.1, -0.05) is 6.07 Å². The van der Waals surface area contributed by atoms with Crippen LogP contribution in [0.2, 0.25) is 0 Å². The fourth-order valence-corrected chi connectivity index (χ4v) is 2.09. The monoisotopic (exact) mass is 311 g/mol. The van der Waals surface area contributed by atoms with Crippen LogP contribution in [0.3, 0.4) is 0 Å². The number of rotatable bonds is 5. The van der Waals surface area contributed by atoms with E-state index in [1.165, 1.54) is 0 Å². The van der Waals surface area contributed by atoms with Crippen molar-refractivity contribution < 1.29 is 14.3 Å². The molecule has 96 valence electrons. The van der Waals surface area contributed by atoms with Gasteiger partial charge in [0.05, 0.1) is 24.3 Å². The number of hydrogen-bond donors (Lipinski definition) is 0. The molecule has 0 aliphatic rings. The van der Waals surface area contributed by atoms with Crippen LogP contribution in [0.25, 0.3) is 0 Å². The van der Waals surface area contributed by atoms with Gasteiger partial charge < -0.3 is 9.47 Å². The molecule has 1 atom stereocenters. The van der Waals surface area contributed by atoms with Crippen molar-refractivity contribution in [2.75, 3.05) is 13.7 Å². The van der Waals surface area contributed by atoms with Crippen LogP contribution < -0.4 is 4.74 Å². The smallest absolute Gasteiger partial charge is 0.323 e. The molecule has 1 unspecified atom stereocenters. The zero-order valence-electron chi connectivity index (χ0n) is 10.3. The number of nitriles is 1. The van der Waals surface area contributed by atoms with Crippen molar-refractivity contribution in [3.8, 4) is 11.8 Å². The van der Waals surface area contributed by atoms with E-state index in [1.54, 1.807) is 20.1 Å². The van der Waals surface area contributed by atoms with Gasteiger partial charge in [-0.3, -0.25) is 4.79 Å². The summed E-state index contributed by atoms with van der Waals surface area (Å²) in [5, 5.41) is 8.97. The van der Waals surface area contributed by atoms with E-state index in [0.717, 1.165) is 10.0 Å². The molecule has 0 aliphatic carbocycles. The van der Waals surface area contributed by atoms with Gasteiger partial charge in [-0.05, 0) is 47.0 Å². The molecule has 5 heteroatoms. The average molecular weight is 312 g/mol. The summed E-state index contributed by atoms with van der Waals surface area (Å²) in [7, 11) is 1.58. The van der Waals surface area contributed by atoms with Gasteiger partial charge in [0.1, 0.15) is 11.7 Å². The number of ether oxygens (including phenoxy) is 2. The van der Waals surface area contributed by atoms with Gasteiger partial charge in [-0.15, -0.1) is 0 Å². The Balaban J connectivity index is 2.80. The third-order valence-corrected chi connectivity index (χ3v) is 3.00. The highest BCUT2D eigenvalue weighted by Crippen LogP contribution is 2.26. The van der Waals surface area contributed by atoms with Gasteiger partial charge in [0.15, 0.2) is 0 Å². The Morgan fingerprint density at radius 1 is 1.56 bits per heavy atom. The average Bonchev–Trinajstić information content (AvgIpc) is 2.36. The highest BCUT2D eigenvalue weighted by Gasteiger charge is 2.20. The molecule has 1 rings (SSSR count). The van der Waals surface area contributed by atoms with Crippen molar-refractivity contribution >= 4 is 21.9 Å². The first kappa shape index (κ1) is 14.5. The summed E-state index contributed by atoms with van der Waals surface area (Å²) in [5.41, 5.74) is 0.877. The van der Waals surface area contributed by atoms with Gasteiger partial charge >= 0.3 is 5.97 Å². The number of methoxy groups -OCH3 is 1. The van der Waals surface area contributed by atoms with Crippen molar-refractivity contribution in [2.24, 2.45) is 5.92 Å². The Morgan fingerprint density at radius 3 is 2.78 bits per heavy atom. The van der Waals surface area contributed by atoms with Crippen LogP contribution in [0.1, 0.15) is 12.5 Å². The van der Waals surface area contributed by atoms with Crippen molar-refractivity contribution in [1.29, 1.82) is 5.26 Å². The standard InChI is InChI=1S/C13H14BrNO3/c1-3-18-13(16)10(8-15)6-9-4-5-12(17-2)11(14)7-9/h4-5,7,10H,3,6H2,1-2H3. The van der Waals surface area contributed by atoms with Gasteiger partial charge in [-0.25, -0.2) is 0 Å². The minimum Gasteiger partial charge on any atom is -0.496 e. The van der Waals surface area contributed by atoms with E-state index in [-0.39, 0.29) is 6.61 Å². The van der Waals surface area contributed by atoms with E-state index in [1.807, 2.05) is 18.2 Å². The van der Waals surface area contributed by atoms with Crippen LogP contribution in [0.15, 0.2) is 22.7 Å². The molecular weight excluding hydrogens is 298 g/mol. The number of halogens is 1. The predicted octanol–water partition coefficient (Wildman–Crippen LogP) is 2.70. The zero-order valence-corrected chi connectivity index (χ0v) is 11.9. The normalized spacial score (nSPS) is 11.4. The van der Waals surface area contributed by atoms with Gasteiger partial charge in [0.25, 0.3) is 0 Å². The Bertz CT molecular complexity index is 468. The summed E-state index contributed by atoms with van der Waals surface area (Å²) in [5.74, 6) is -0.541. The molecule has 0 aliphatic heterocycles. The molecule has 0 spiro atoms. The third kappa shape index (κ3) is 3.74. The van der Waals surface area contributed by atoms with Gasteiger partial charge in [0, 0.05) is 0 Å². The summed E-state index contributed by atoms with van der Waals surface area (Å²) in [6.45, 7) is 2.00. The second-order valence-electron chi connectivity index (χ2n) is 3.61. The fraction of sp³-hybridized carbons (Fsp3) is 0.385. The van der Waals surface area contributed by atoms with E-state index in [4.69, 9.17) is 14.7 Å². The maximum absolute atomic E-state index is 11.5. The van der Waals surface area contributed by atoms with Crippen molar-refractivity contribution in [2.45, 2.75) is 13.3 Å². The number of nitrogens with zero attached hydrogens (tertiary/aromatic N) is 1. The molecule has 0 fully saturated rings. The quantitative estimate of drug-likeness (QED) is 0.784. The van der Waals surface area contributed by atoms with Gasteiger partial charge in [0.2, 0.25) is 0 Å². The molecule has 0 amide bonds. The lowest BCUT2D eigenvalue weighted by molar-refractivity contribution is -0.145. The lowest BCUT2D eigenvalue weighted by atomic mass is 10.0. The number of benzene rings is 1. The van der Waals surface area contributed by atoms with Crippen LogP contribution in [0, 0.1) is 17.2 Å². The van der Waals surface area contributed by atoms with Gasteiger partial charge in [-0.2, -0.15) is 5.26 Å². The topological polar surface area (TPSA) is 59.3 Å². The second kappa shape index (κ2) is 7.02. The first-order chi connectivity index (χ1) is 8.62. The van der Waals surface area contributed by atoms with Crippen LogP contribution >= 0.6 is 15.9 Å². The first-order valence-electron chi connectivity index (χ1n) is 5.51. The molecule has 0 saturated heterocycles. The summed E-state index contributed by atoms with van der Waals surface area (Å²) in [6.07, 6.45) is 0.331. The Morgan fingerprint density at radius 2 is 2.28 bits per heavy atom. The summed E-state index contributed by atoms with van der Waals surface area (Å²) < 4.78 is 10.8. The highest BCUT2D eigenvalue weighted by molar-refractivity contribution is 9.10. The number of carbonyl (C=O) groups excluding carboxylic acids is 1. The van der Waals surface area contributed by atoms with Crippen molar-refractivity contribution in [3.05, 3.63) is 28.2 Å². The number of carbonyl (C=O) groups is 1. The molecule has 0 aromatic heterocycles. The van der Waals surface area contributed by atoms with E-state index in [9.17, 15) is 4.79 Å². The molecular formula is C13H14BrNO3. The predicted molar refractivity (Wildman–Crippen MR) is 70.1 cm³/mol. The van der Waals surface area contributed by atoms with Crippen LogP contribution in [-0.2, 0) is 16.0 Å². The second-order valence-corrected chi connectivity index (χ2v) is 4.46. The highest BCUT2D eigenvalue weighted by atomic mass is 79.9. The Kier molecular flexibility index (Phi) is 5.66. The maximum atomic E-state index is 11.5. The molecule has 0 saturated carbocycles. The summed E-state index contributed by atoms with van der Waals surface area (Å²) in [4.78, 5) is 11.5. The SMILES string of the molecule is CCOC(=O)C(C#N)Cc1ccc(OC)c(Br)c1. The molecule has 1 aromatic rings. The minimum atomic E-state index is -0.773. The molecule has 0 N–H and O–H groups in total. The minimum absolute atomic E-state index is 0.281. The lowest BCUT2D eigenvalue weighted by Gasteiger charge is -2.10. The molecule has 18 heavy (non-hydrogen) atoms. The molecule has 0 radical (unpaired) electrons. The van der Waals surface area contributed by atoms with Crippen LogP contribution in [0.5, 0.6) is 5.75 Å². The maximum Gasteiger partial charge on any atom is 0.323 e. The summed E-state index contributed by atoms with van der Waals surface area (Å²) >= 11 is 3.36. The number of hydrogen-bond acceptors (Lipinski definition) is 4. The Hall–Kier alpha value is -1.54. The van der Waals surface area contributed by atoms with E-state index < -0.39 is 11.9 Å². The third-order valence-electron chi connectivity index (χ3n) is 2.38. The van der Waals surface area contributed by atoms with Crippen molar-refractivity contribution in [1.82, 2.24) is 0 Å².